The van der Waals surface area contributed by atoms with Crippen LogP contribution in [0.1, 0.15) is 32.3 Å². The van der Waals surface area contributed by atoms with Gasteiger partial charge in [0, 0.05) is 11.5 Å². The topological polar surface area (TPSA) is 72.5 Å². The van der Waals surface area contributed by atoms with Crippen LogP contribution in [0.15, 0.2) is 23.8 Å². The van der Waals surface area contributed by atoms with Crippen molar-refractivity contribution in [2.45, 2.75) is 32.2 Å². The summed E-state index contributed by atoms with van der Waals surface area (Å²) in [5.41, 5.74) is 7.20. The number of aromatic hydroxyl groups is 1. The van der Waals surface area contributed by atoms with Crippen molar-refractivity contribution in [1.29, 1.82) is 0 Å². The standard InChI is InChI=1S/C16H21NO3/c1-16(2,17)12-6-5-11(15(12)19)8-10-4-7-13(18)14(9-10)20-3/h4,7-9,12,18H,5-6,17H2,1-3H3/b11-8-. The highest BCUT2D eigenvalue weighted by Gasteiger charge is 2.37. The first-order valence-corrected chi connectivity index (χ1v) is 6.73. The average molecular weight is 275 g/mol. The monoisotopic (exact) mass is 275 g/mol. The number of hydrogen-bond acceptors (Lipinski definition) is 4. The van der Waals surface area contributed by atoms with Gasteiger partial charge >= 0.3 is 0 Å². The van der Waals surface area contributed by atoms with Crippen LogP contribution in [0.4, 0.5) is 0 Å². The third-order valence-corrected chi connectivity index (χ3v) is 3.78. The number of carbonyl (C=O) groups is 1. The number of allylic oxidation sites excluding steroid dienone is 1. The van der Waals surface area contributed by atoms with E-state index in [0.29, 0.717) is 5.75 Å². The lowest BCUT2D eigenvalue weighted by atomic mass is 9.86. The Morgan fingerprint density at radius 1 is 1.45 bits per heavy atom. The highest BCUT2D eigenvalue weighted by Crippen LogP contribution is 2.35. The molecule has 2 rings (SSSR count). The van der Waals surface area contributed by atoms with Crippen molar-refractivity contribution in [2.75, 3.05) is 7.11 Å². The van der Waals surface area contributed by atoms with Crippen molar-refractivity contribution in [3.05, 3.63) is 29.3 Å². The Morgan fingerprint density at radius 3 is 2.70 bits per heavy atom. The second-order valence-corrected chi connectivity index (χ2v) is 5.88. The van der Waals surface area contributed by atoms with Crippen molar-refractivity contribution in [3.8, 4) is 11.5 Å². The summed E-state index contributed by atoms with van der Waals surface area (Å²) in [4.78, 5) is 12.3. The number of carbonyl (C=O) groups excluding carboxylic acids is 1. The minimum Gasteiger partial charge on any atom is -0.504 e. The summed E-state index contributed by atoms with van der Waals surface area (Å²) >= 11 is 0. The van der Waals surface area contributed by atoms with E-state index in [1.807, 2.05) is 19.9 Å². The number of hydrogen-bond donors (Lipinski definition) is 2. The van der Waals surface area contributed by atoms with E-state index in [4.69, 9.17) is 10.5 Å². The molecule has 0 heterocycles. The maximum absolute atomic E-state index is 12.3. The Balaban J connectivity index is 2.27. The van der Waals surface area contributed by atoms with E-state index in [1.54, 1.807) is 18.2 Å². The predicted molar refractivity (Wildman–Crippen MR) is 78.6 cm³/mol. The quantitative estimate of drug-likeness (QED) is 0.831. The lowest BCUT2D eigenvalue weighted by Gasteiger charge is -2.24. The highest BCUT2D eigenvalue weighted by molar-refractivity contribution is 6.03. The molecule has 0 amide bonds. The number of phenolic OH excluding ortho intramolecular Hbond substituents is 1. The molecule has 0 saturated heterocycles. The summed E-state index contributed by atoms with van der Waals surface area (Å²) in [6.45, 7) is 3.78. The number of methoxy groups -OCH3 is 1. The lowest BCUT2D eigenvalue weighted by molar-refractivity contribution is -0.119. The van der Waals surface area contributed by atoms with Gasteiger partial charge in [-0.3, -0.25) is 4.79 Å². The van der Waals surface area contributed by atoms with Crippen LogP contribution in [-0.2, 0) is 4.79 Å². The minimum absolute atomic E-state index is 0.0911. The Bertz CT molecular complexity index is 555. The van der Waals surface area contributed by atoms with E-state index in [0.717, 1.165) is 24.0 Å². The second kappa shape index (κ2) is 5.29. The molecule has 1 aromatic rings. The molecule has 108 valence electrons. The molecule has 4 nitrogen and oxygen atoms in total. The van der Waals surface area contributed by atoms with Crippen molar-refractivity contribution < 1.29 is 14.6 Å². The van der Waals surface area contributed by atoms with Crippen LogP contribution >= 0.6 is 0 Å². The first-order valence-electron chi connectivity index (χ1n) is 6.73. The van der Waals surface area contributed by atoms with Crippen LogP contribution in [-0.4, -0.2) is 23.5 Å². The Hall–Kier alpha value is -1.81. The molecule has 1 aliphatic carbocycles. The third-order valence-electron chi connectivity index (χ3n) is 3.78. The largest absolute Gasteiger partial charge is 0.504 e. The molecule has 0 spiro atoms. The summed E-state index contributed by atoms with van der Waals surface area (Å²) in [5.74, 6) is 0.506. The number of ether oxygens (including phenoxy) is 1. The molecular formula is C16H21NO3. The second-order valence-electron chi connectivity index (χ2n) is 5.88. The van der Waals surface area contributed by atoms with E-state index < -0.39 is 5.54 Å². The zero-order chi connectivity index (χ0) is 14.9. The van der Waals surface area contributed by atoms with Gasteiger partial charge in [0.2, 0.25) is 0 Å². The molecule has 1 unspecified atom stereocenters. The zero-order valence-electron chi connectivity index (χ0n) is 12.1. The summed E-state index contributed by atoms with van der Waals surface area (Å²) < 4.78 is 5.07. The predicted octanol–water partition coefficient (Wildman–Crippen LogP) is 2.50. The normalized spacial score (nSPS) is 21.5. The van der Waals surface area contributed by atoms with Gasteiger partial charge in [-0.05, 0) is 56.0 Å². The number of Topliss-reactive ketones (excluding diaryl/α,β-unsaturated/α-hetero) is 1. The molecule has 3 N–H and O–H groups in total. The molecule has 1 saturated carbocycles. The number of phenols is 1. The first-order chi connectivity index (χ1) is 9.32. The van der Waals surface area contributed by atoms with E-state index >= 15 is 0 Å². The zero-order valence-corrected chi connectivity index (χ0v) is 12.1. The van der Waals surface area contributed by atoms with Gasteiger partial charge in [0.25, 0.3) is 0 Å². The Kier molecular flexibility index (Phi) is 3.86. The fraction of sp³-hybridized carbons (Fsp3) is 0.438. The van der Waals surface area contributed by atoms with Crippen molar-refractivity contribution in [3.63, 3.8) is 0 Å². The third kappa shape index (κ3) is 2.85. The summed E-state index contributed by atoms with van der Waals surface area (Å²) in [6.07, 6.45) is 3.40. The molecule has 1 aromatic carbocycles. The maximum atomic E-state index is 12.3. The van der Waals surface area contributed by atoms with Crippen LogP contribution < -0.4 is 10.5 Å². The lowest BCUT2D eigenvalue weighted by Crippen LogP contribution is -2.42. The van der Waals surface area contributed by atoms with E-state index in [9.17, 15) is 9.90 Å². The smallest absolute Gasteiger partial charge is 0.163 e. The molecule has 20 heavy (non-hydrogen) atoms. The summed E-state index contributed by atoms with van der Waals surface area (Å²) in [6, 6.07) is 5.05. The van der Waals surface area contributed by atoms with Crippen molar-refractivity contribution in [2.24, 2.45) is 11.7 Å². The first kappa shape index (κ1) is 14.6. The summed E-state index contributed by atoms with van der Waals surface area (Å²) in [7, 11) is 1.50. The molecule has 4 heteroatoms. The van der Waals surface area contributed by atoms with Gasteiger partial charge in [0.1, 0.15) is 0 Å². The molecule has 0 bridgehead atoms. The Morgan fingerprint density at radius 2 is 2.15 bits per heavy atom. The van der Waals surface area contributed by atoms with Crippen LogP contribution in [0, 0.1) is 5.92 Å². The molecule has 1 atom stereocenters. The van der Waals surface area contributed by atoms with Gasteiger partial charge in [0.15, 0.2) is 17.3 Å². The molecule has 1 fully saturated rings. The SMILES string of the molecule is COc1cc(/C=C2/CCC(C(C)(C)N)C2=O)ccc1O. The van der Waals surface area contributed by atoms with Gasteiger partial charge in [-0.25, -0.2) is 0 Å². The Labute approximate surface area is 119 Å². The number of rotatable bonds is 3. The van der Waals surface area contributed by atoms with Gasteiger partial charge in [-0.15, -0.1) is 0 Å². The van der Waals surface area contributed by atoms with Gasteiger partial charge in [-0.2, -0.15) is 0 Å². The van der Waals surface area contributed by atoms with Crippen LogP contribution in [0.3, 0.4) is 0 Å². The summed E-state index contributed by atoms with van der Waals surface area (Å²) in [5, 5.41) is 9.57. The fourth-order valence-electron chi connectivity index (χ4n) is 2.62. The number of benzene rings is 1. The molecular weight excluding hydrogens is 254 g/mol. The van der Waals surface area contributed by atoms with Crippen LogP contribution in [0.5, 0.6) is 11.5 Å². The fourth-order valence-corrected chi connectivity index (χ4v) is 2.62. The maximum Gasteiger partial charge on any atom is 0.163 e. The van der Waals surface area contributed by atoms with Crippen LogP contribution in [0.25, 0.3) is 6.08 Å². The molecule has 1 aliphatic rings. The minimum atomic E-state index is -0.487. The van der Waals surface area contributed by atoms with Gasteiger partial charge in [-0.1, -0.05) is 6.07 Å². The van der Waals surface area contributed by atoms with E-state index in [2.05, 4.69) is 0 Å². The number of ketones is 1. The van der Waals surface area contributed by atoms with Crippen molar-refractivity contribution in [1.82, 2.24) is 0 Å². The van der Waals surface area contributed by atoms with E-state index in [1.165, 1.54) is 7.11 Å². The highest BCUT2D eigenvalue weighted by atomic mass is 16.5. The van der Waals surface area contributed by atoms with Gasteiger partial charge in [0.05, 0.1) is 7.11 Å². The molecule has 0 radical (unpaired) electrons. The van der Waals surface area contributed by atoms with Gasteiger partial charge < -0.3 is 15.6 Å². The molecule has 0 aliphatic heterocycles. The molecule has 0 aromatic heterocycles. The average Bonchev–Trinajstić information content (AvgIpc) is 2.73. The van der Waals surface area contributed by atoms with Crippen molar-refractivity contribution >= 4 is 11.9 Å². The van der Waals surface area contributed by atoms with Crippen LogP contribution in [0.2, 0.25) is 0 Å². The number of nitrogens with two attached hydrogens (primary N) is 1. The van der Waals surface area contributed by atoms with E-state index in [-0.39, 0.29) is 17.5 Å².